The van der Waals surface area contributed by atoms with Crippen molar-refractivity contribution in [2.45, 2.75) is 19.6 Å². The Kier molecular flexibility index (Phi) is 3.05. The molecule has 1 aromatic carbocycles. The zero-order valence-electron chi connectivity index (χ0n) is 11.4. The molecule has 0 aliphatic carbocycles. The fourth-order valence-electron chi connectivity index (χ4n) is 2.73. The highest BCUT2D eigenvalue weighted by Crippen LogP contribution is 2.23. The molecule has 1 aliphatic heterocycles. The van der Waals surface area contributed by atoms with Crippen molar-refractivity contribution in [3.8, 4) is 0 Å². The fraction of sp³-hybridized carbons (Fsp3) is 0.267. The molecule has 1 aliphatic rings. The lowest BCUT2D eigenvalue weighted by Gasteiger charge is -2.26. The van der Waals surface area contributed by atoms with E-state index in [0.29, 0.717) is 17.6 Å². The average molecular weight is 298 g/mol. The highest BCUT2D eigenvalue weighted by molar-refractivity contribution is 7.10. The Morgan fingerprint density at radius 1 is 1.24 bits per heavy atom. The van der Waals surface area contributed by atoms with Gasteiger partial charge in [-0.1, -0.05) is 17.3 Å². The van der Waals surface area contributed by atoms with Crippen molar-refractivity contribution in [2.24, 2.45) is 0 Å². The summed E-state index contributed by atoms with van der Waals surface area (Å²) in [4.78, 5) is 16.1. The molecule has 21 heavy (non-hydrogen) atoms. The van der Waals surface area contributed by atoms with E-state index in [-0.39, 0.29) is 5.56 Å². The van der Waals surface area contributed by atoms with E-state index in [4.69, 9.17) is 0 Å². The van der Waals surface area contributed by atoms with Crippen LogP contribution in [0.25, 0.3) is 10.9 Å². The predicted octanol–water partition coefficient (Wildman–Crippen LogP) is 1.87. The molecule has 6 heteroatoms. The molecule has 0 bridgehead atoms. The summed E-state index contributed by atoms with van der Waals surface area (Å²) in [5.41, 5.74) is 1.95. The van der Waals surface area contributed by atoms with Crippen molar-refractivity contribution in [3.63, 3.8) is 0 Å². The van der Waals surface area contributed by atoms with Crippen molar-refractivity contribution in [1.29, 1.82) is 0 Å². The van der Waals surface area contributed by atoms with Crippen LogP contribution < -0.4 is 5.56 Å². The van der Waals surface area contributed by atoms with Crippen molar-refractivity contribution < 1.29 is 0 Å². The second-order valence-electron chi connectivity index (χ2n) is 5.22. The van der Waals surface area contributed by atoms with Crippen LogP contribution in [-0.2, 0) is 19.6 Å². The molecule has 3 heterocycles. The maximum atomic E-state index is 12.4. The molecule has 0 fully saturated rings. The summed E-state index contributed by atoms with van der Waals surface area (Å²) in [5, 5.41) is 11.0. The maximum Gasteiger partial charge on any atom is 0.278 e. The van der Waals surface area contributed by atoms with Gasteiger partial charge in [0.15, 0.2) is 0 Å². The van der Waals surface area contributed by atoms with Gasteiger partial charge in [0.05, 0.1) is 12.1 Å². The van der Waals surface area contributed by atoms with Gasteiger partial charge in [0.25, 0.3) is 5.56 Å². The first-order chi connectivity index (χ1) is 10.3. The van der Waals surface area contributed by atoms with Crippen molar-refractivity contribution in [2.75, 3.05) is 6.54 Å². The Labute approximate surface area is 125 Å². The summed E-state index contributed by atoms with van der Waals surface area (Å²) in [7, 11) is 0. The molecular formula is C15H14N4OS. The maximum absolute atomic E-state index is 12.4. The van der Waals surface area contributed by atoms with Crippen LogP contribution in [0.2, 0.25) is 0 Å². The fourth-order valence-corrected chi connectivity index (χ4v) is 3.62. The quantitative estimate of drug-likeness (QED) is 0.725. The van der Waals surface area contributed by atoms with Crippen LogP contribution in [0.4, 0.5) is 0 Å². The molecule has 4 rings (SSSR count). The van der Waals surface area contributed by atoms with Gasteiger partial charge in [-0.25, -0.2) is 0 Å². The molecule has 0 amide bonds. The van der Waals surface area contributed by atoms with Gasteiger partial charge >= 0.3 is 0 Å². The lowest BCUT2D eigenvalue weighted by Crippen LogP contribution is -2.37. The van der Waals surface area contributed by atoms with Gasteiger partial charge in [0.1, 0.15) is 5.52 Å². The Morgan fingerprint density at radius 2 is 2.14 bits per heavy atom. The van der Waals surface area contributed by atoms with Crippen LogP contribution in [0.3, 0.4) is 0 Å². The van der Waals surface area contributed by atoms with Crippen LogP contribution in [0.5, 0.6) is 0 Å². The second kappa shape index (κ2) is 5.05. The molecular weight excluding hydrogens is 284 g/mol. The van der Waals surface area contributed by atoms with E-state index >= 15 is 0 Å². The van der Waals surface area contributed by atoms with Crippen LogP contribution in [0, 0.1) is 0 Å². The number of benzene rings is 1. The summed E-state index contributed by atoms with van der Waals surface area (Å²) in [5.74, 6) is 0. The number of fused-ring (bicyclic) bond motifs is 2. The first kappa shape index (κ1) is 12.7. The largest absolute Gasteiger partial charge is 0.280 e. The number of nitrogens with zero attached hydrogens (tertiary/aromatic N) is 4. The molecule has 106 valence electrons. The number of hydrogen-bond acceptors (Lipinski definition) is 5. The van der Waals surface area contributed by atoms with Crippen LogP contribution in [0.1, 0.15) is 10.4 Å². The Morgan fingerprint density at radius 3 is 3.10 bits per heavy atom. The van der Waals surface area contributed by atoms with Crippen LogP contribution >= 0.6 is 11.3 Å². The standard InChI is InChI=1S/C15H14N4OS/c20-15-12-3-1-2-4-13(12)16-17-19(15)10-18-7-5-14-11(9-18)6-8-21-14/h1-4,6,8H,5,7,9-10H2. The minimum atomic E-state index is -0.0725. The summed E-state index contributed by atoms with van der Waals surface area (Å²) in [6.07, 6.45) is 1.04. The number of rotatable bonds is 2. The topological polar surface area (TPSA) is 51.0 Å². The number of hydrogen-bond donors (Lipinski definition) is 0. The Hall–Kier alpha value is -2.05. The van der Waals surface area contributed by atoms with Gasteiger partial charge in [0, 0.05) is 18.0 Å². The third-order valence-corrected chi connectivity index (χ3v) is 4.87. The zero-order chi connectivity index (χ0) is 14.2. The summed E-state index contributed by atoms with van der Waals surface area (Å²) in [6.45, 7) is 2.32. The molecule has 2 aromatic heterocycles. The lowest BCUT2D eigenvalue weighted by molar-refractivity contribution is 0.184. The van der Waals surface area contributed by atoms with E-state index in [1.54, 1.807) is 6.07 Å². The molecule has 0 radical (unpaired) electrons. The van der Waals surface area contributed by atoms with Gasteiger partial charge in [0.2, 0.25) is 0 Å². The third-order valence-electron chi connectivity index (χ3n) is 3.85. The van der Waals surface area contributed by atoms with Gasteiger partial charge in [-0.15, -0.1) is 16.4 Å². The van der Waals surface area contributed by atoms with E-state index < -0.39 is 0 Å². The molecule has 0 spiro atoms. The molecule has 3 aromatic rings. The monoisotopic (exact) mass is 298 g/mol. The highest BCUT2D eigenvalue weighted by Gasteiger charge is 2.18. The Bertz CT molecular complexity index is 854. The number of aromatic nitrogens is 3. The minimum absolute atomic E-state index is 0.0725. The van der Waals surface area contributed by atoms with E-state index in [9.17, 15) is 4.79 Å². The SMILES string of the molecule is O=c1c2ccccc2nnn1CN1CCc2sccc2C1. The first-order valence-corrected chi connectivity index (χ1v) is 7.79. The molecule has 0 saturated carbocycles. The van der Waals surface area contributed by atoms with E-state index in [0.717, 1.165) is 19.5 Å². The molecule has 0 unspecified atom stereocenters. The first-order valence-electron chi connectivity index (χ1n) is 6.91. The van der Waals surface area contributed by atoms with Crippen LogP contribution in [-0.4, -0.2) is 26.4 Å². The summed E-state index contributed by atoms with van der Waals surface area (Å²) >= 11 is 1.82. The highest BCUT2D eigenvalue weighted by atomic mass is 32.1. The lowest BCUT2D eigenvalue weighted by atomic mass is 10.1. The van der Waals surface area contributed by atoms with Crippen molar-refractivity contribution >= 4 is 22.2 Å². The van der Waals surface area contributed by atoms with E-state index in [1.165, 1.54) is 15.1 Å². The molecule has 0 N–H and O–H groups in total. The summed E-state index contributed by atoms with van der Waals surface area (Å²) < 4.78 is 1.46. The van der Waals surface area contributed by atoms with Gasteiger partial charge in [-0.05, 0) is 35.6 Å². The average Bonchev–Trinajstić information content (AvgIpc) is 2.98. The Balaban J connectivity index is 1.63. The van der Waals surface area contributed by atoms with Gasteiger partial charge < -0.3 is 0 Å². The van der Waals surface area contributed by atoms with Crippen molar-refractivity contribution in [3.05, 3.63) is 56.5 Å². The second-order valence-corrected chi connectivity index (χ2v) is 6.22. The zero-order valence-corrected chi connectivity index (χ0v) is 12.2. The van der Waals surface area contributed by atoms with Gasteiger partial charge in [-0.3, -0.25) is 9.69 Å². The van der Waals surface area contributed by atoms with Crippen molar-refractivity contribution in [1.82, 2.24) is 19.9 Å². The molecule has 0 saturated heterocycles. The molecule has 0 atom stereocenters. The van der Waals surface area contributed by atoms with E-state index in [1.807, 2.05) is 29.5 Å². The van der Waals surface area contributed by atoms with Gasteiger partial charge in [-0.2, -0.15) is 4.68 Å². The predicted molar refractivity (Wildman–Crippen MR) is 82.2 cm³/mol. The molecule has 5 nitrogen and oxygen atoms in total. The van der Waals surface area contributed by atoms with Crippen LogP contribution in [0.15, 0.2) is 40.5 Å². The third kappa shape index (κ3) is 2.26. The smallest absolute Gasteiger partial charge is 0.278 e. The normalized spacial score (nSPS) is 15.2. The summed E-state index contributed by atoms with van der Waals surface area (Å²) in [6, 6.07) is 9.50. The minimum Gasteiger partial charge on any atom is -0.280 e. The van der Waals surface area contributed by atoms with E-state index in [2.05, 4.69) is 26.7 Å². The number of thiophene rings is 1.